The number of amides is 4. The van der Waals surface area contributed by atoms with Crippen LogP contribution in [0.15, 0.2) is 34.2 Å². The molecule has 1 saturated carbocycles. The molecule has 2 heterocycles. The second-order valence-corrected chi connectivity index (χ2v) is 9.40. The Kier molecular flexibility index (Phi) is 6.23. The predicted molar refractivity (Wildman–Crippen MR) is 121 cm³/mol. The van der Waals surface area contributed by atoms with Crippen molar-refractivity contribution < 1.29 is 14.4 Å². The molecule has 2 fully saturated rings. The smallest absolute Gasteiger partial charge is 0.322 e. The summed E-state index contributed by atoms with van der Waals surface area (Å²) in [5, 5.41) is 4.37. The molecule has 10 heteroatoms. The summed E-state index contributed by atoms with van der Waals surface area (Å²) in [6.07, 6.45) is 5.47. The van der Waals surface area contributed by atoms with Crippen molar-refractivity contribution in [3.63, 3.8) is 0 Å². The van der Waals surface area contributed by atoms with Crippen molar-refractivity contribution in [3.05, 3.63) is 34.6 Å². The van der Waals surface area contributed by atoms with Gasteiger partial charge < -0.3 is 5.32 Å². The zero-order valence-corrected chi connectivity index (χ0v) is 19.0. The number of imide groups is 1. The first kappa shape index (κ1) is 22.3. The largest absolute Gasteiger partial charge is 0.344 e. The minimum atomic E-state index is -1.03. The van der Waals surface area contributed by atoms with Crippen LogP contribution in [0.25, 0.3) is 10.9 Å². The number of para-hydroxylation sites is 1. The maximum Gasteiger partial charge on any atom is 0.344 e. The summed E-state index contributed by atoms with van der Waals surface area (Å²) in [5.41, 5.74) is 1.84. The molecule has 4 amide bonds. The molecule has 2 N–H and O–H groups in total. The molecule has 170 valence electrons. The van der Waals surface area contributed by atoms with Crippen molar-refractivity contribution in [2.45, 2.75) is 69.1 Å². The first-order valence-corrected chi connectivity index (χ1v) is 11.9. The Balaban J connectivity index is 1.55. The van der Waals surface area contributed by atoms with Crippen LogP contribution < -0.4 is 16.3 Å². The highest BCUT2D eigenvalue weighted by atomic mass is 32.2. The predicted octanol–water partition coefficient (Wildman–Crippen LogP) is 2.75. The number of fused-ring (bicyclic) bond motifs is 1. The van der Waals surface area contributed by atoms with Gasteiger partial charge >= 0.3 is 6.03 Å². The normalized spacial score (nSPS) is 21.8. The van der Waals surface area contributed by atoms with Gasteiger partial charge in [-0.2, -0.15) is 5.01 Å². The lowest BCUT2D eigenvalue weighted by molar-refractivity contribution is -0.137. The Hall–Kier alpha value is -2.88. The van der Waals surface area contributed by atoms with E-state index >= 15 is 0 Å². The summed E-state index contributed by atoms with van der Waals surface area (Å²) >= 11 is 1.14. The first-order valence-electron chi connectivity index (χ1n) is 10.9. The van der Waals surface area contributed by atoms with Crippen molar-refractivity contribution >= 4 is 40.5 Å². The van der Waals surface area contributed by atoms with Crippen molar-refractivity contribution in [2.24, 2.45) is 0 Å². The fourth-order valence-electron chi connectivity index (χ4n) is 4.20. The van der Waals surface area contributed by atoms with E-state index in [1.54, 1.807) is 30.5 Å². The second kappa shape index (κ2) is 8.93. The number of hydrogen-bond donors (Lipinski definition) is 2. The molecule has 2 aromatic rings. The summed E-state index contributed by atoms with van der Waals surface area (Å²) in [7, 11) is 0. The highest BCUT2D eigenvalue weighted by Gasteiger charge is 2.47. The van der Waals surface area contributed by atoms with Crippen molar-refractivity contribution in [2.75, 3.05) is 5.75 Å². The summed E-state index contributed by atoms with van der Waals surface area (Å²) in [4.78, 5) is 55.1. The zero-order valence-electron chi connectivity index (χ0n) is 18.2. The Morgan fingerprint density at radius 2 is 1.94 bits per heavy atom. The van der Waals surface area contributed by atoms with E-state index in [0.29, 0.717) is 22.5 Å². The van der Waals surface area contributed by atoms with E-state index in [1.807, 2.05) is 12.1 Å². The van der Waals surface area contributed by atoms with Gasteiger partial charge in [0.15, 0.2) is 5.16 Å². The molecule has 0 bridgehead atoms. The number of aromatic nitrogens is 2. The van der Waals surface area contributed by atoms with Crippen LogP contribution in [-0.4, -0.2) is 43.7 Å². The lowest BCUT2D eigenvalue weighted by Gasteiger charge is -2.26. The van der Waals surface area contributed by atoms with E-state index in [-0.39, 0.29) is 17.4 Å². The number of hydrogen-bond acceptors (Lipinski definition) is 6. The standard InChI is InChI=1S/C22H27N5O4S/c1-3-22(2)19(30)27(20(31)24-22)25-17(28)13-32-21-23-16-12-8-7-11-15(16)18(29)26(21)14-9-5-4-6-10-14/h7-8,11-12,14H,3-6,9-10,13H2,1-2H3,(H,24,31)(H,25,28). The minimum Gasteiger partial charge on any atom is -0.322 e. The number of urea groups is 1. The van der Waals surface area contributed by atoms with Gasteiger partial charge in [0.2, 0.25) is 5.91 Å². The molecule has 1 aliphatic carbocycles. The van der Waals surface area contributed by atoms with Crippen LogP contribution in [-0.2, 0) is 9.59 Å². The molecule has 32 heavy (non-hydrogen) atoms. The first-order chi connectivity index (χ1) is 15.3. The minimum absolute atomic E-state index is 0.0510. The molecule has 4 rings (SSSR count). The quantitative estimate of drug-likeness (QED) is 0.392. The molecule has 2 aliphatic rings. The Morgan fingerprint density at radius 3 is 2.62 bits per heavy atom. The van der Waals surface area contributed by atoms with Gasteiger partial charge in [0.05, 0.1) is 16.7 Å². The monoisotopic (exact) mass is 457 g/mol. The van der Waals surface area contributed by atoms with Gasteiger partial charge in [-0.15, -0.1) is 0 Å². The van der Waals surface area contributed by atoms with E-state index in [0.717, 1.165) is 48.9 Å². The molecule has 1 aromatic carbocycles. The SMILES string of the molecule is CCC1(C)NC(=O)N(NC(=O)CSc2nc3ccccc3c(=O)n2C2CCCCC2)C1=O. The molecule has 1 unspecified atom stereocenters. The van der Waals surface area contributed by atoms with Crippen LogP contribution in [0.5, 0.6) is 0 Å². The van der Waals surface area contributed by atoms with E-state index in [1.165, 1.54) is 0 Å². The van der Waals surface area contributed by atoms with Gasteiger partial charge in [-0.25, -0.2) is 9.78 Å². The van der Waals surface area contributed by atoms with Crippen LogP contribution in [0.3, 0.4) is 0 Å². The van der Waals surface area contributed by atoms with Gasteiger partial charge in [-0.1, -0.05) is 50.1 Å². The number of nitrogens with one attached hydrogen (secondary N) is 2. The number of benzene rings is 1. The van der Waals surface area contributed by atoms with E-state index < -0.39 is 23.4 Å². The van der Waals surface area contributed by atoms with Gasteiger partial charge in [0.25, 0.3) is 11.5 Å². The molecule has 1 saturated heterocycles. The average molecular weight is 458 g/mol. The van der Waals surface area contributed by atoms with Gasteiger partial charge in [-0.05, 0) is 38.3 Å². The van der Waals surface area contributed by atoms with E-state index in [9.17, 15) is 19.2 Å². The van der Waals surface area contributed by atoms with Crippen LogP contribution in [0.4, 0.5) is 4.79 Å². The third-order valence-electron chi connectivity index (χ3n) is 6.25. The number of carbonyl (C=O) groups is 3. The second-order valence-electron chi connectivity index (χ2n) is 8.46. The Bertz CT molecular complexity index is 1130. The molecule has 1 aromatic heterocycles. The van der Waals surface area contributed by atoms with Crippen molar-refractivity contribution in [3.8, 4) is 0 Å². The maximum atomic E-state index is 13.3. The topological polar surface area (TPSA) is 113 Å². The van der Waals surface area contributed by atoms with E-state index in [2.05, 4.69) is 15.7 Å². The highest BCUT2D eigenvalue weighted by molar-refractivity contribution is 7.99. The van der Waals surface area contributed by atoms with Gasteiger partial charge in [-0.3, -0.25) is 24.4 Å². The Labute approximate surface area is 189 Å². The maximum absolute atomic E-state index is 13.3. The Morgan fingerprint density at radius 1 is 1.22 bits per heavy atom. The van der Waals surface area contributed by atoms with Gasteiger partial charge in [0, 0.05) is 6.04 Å². The lowest BCUT2D eigenvalue weighted by Crippen LogP contribution is -2.49. The number of carbonyl (C=O) groups excluding carboxylic acids is 3. The fraction of sp³-hybridized carbons (Fsp3) is 0.500. The number of rotatable bonds is 6. The summed E-state index contributed by atoms with van der Waals surface area (Å²) in [5.74, 6) is -1.10. The average Bonchev–Trinajstić information content (AvgIpc) is 3.02. The molecule has 9 nitrogen and oxygen atoms in total. The molecular weight excluding hydrogens is 430 g/mol. The third-order valence-corrected chi connectivity index (χ3v) is 7.20. The summed E-state index contributed by atoms with van der Waals surface area (Å²) < 4.78 is 1.72. The van der Waals surface area contributed by atoms with Gasteiger partial charge in [0.1, 0.15) is 5.54 Å². The van der Waals surface area contributed by atoms with Crippen LogP contribution in [0.1, 0.15) is 58.4 Å². The number of hydrazine groups is 1. The fourth-order valence-corrected chi connectivity index (χ4v) is 5.06. The molecule has 1 aliphatic heterocycles. The molecule has 1 atom stereocenters. The zero-order chi connectivity index (χ0) is 22.9. The third kappa shape index (κ3) is 4.11. The highest BCUT2D eigenvalue weighted by Crippen LogP contribution is 2.31. The van der Waals surface area contributed by atoms with Crippen LogP contribution in [0, 0.1) is 0 Å². The lowest BCUT2D eigenvalue weighted by atomic mass is 9.95. The number of nitrogens with zero attached hydrogens (tertiary/aromatic N) is 3. The van der Waals surface area contributed by atoms with Crippen molar-refractivity contribution in [1.29, 1.82) is 0 Å². The summed E-state index contributed by atoms with van der Waals surface area (Å²) in [6, 6.07) is 6.59. The molecule has 0 spiro atoms. The molecule has 0 radical (unpaired) electrons. The van der Waals surface area contributed by atoms with Crippen LogP contribution >= 0.6 is 11.8 Å². The number of thioether (sulfide) groups is 1. The summed E-state index contributed by atoms with van der Waals surface area (Å²) in [6.45, 7) is 3.41. The van der Waals surface area contributed by atoms with Crippen molar-refractivity contribution in [1.82, 2.24) is 25.3 Å². The molecular formula is C22H27N5O4S. The van der Waals surface area contributed by atoms with E-state index in [4.69, 9.17) is 0 Å². The van der Waals surface area contributed by atoms with Crippen LogP contribution in [0.2, 0.25) is 0 Å².